The lowest BCUT2D eigenvalue weighted by Crippen LogP contribution is -2.23. The van der Waals surface area contributed by atoms with E-state index in [4.69, 9.17) is 4.74 Å². The number of methoxy groups -OCH3 is 1. The quantitative estimate of drug-likeness (QED) is 0.684. The van der Waals surface area contributed by atoms with Crippen LogP contribution in [0.3, 0.4) is 0 Å². The molecule has 0 atom stereocenters. The Morgan fingerprint density at radius 3 is 2.73 bits per heavy atom. The van der Waals surface area contributed by atoms with Crippen LogP contribution in [0.25, 0.3) is 5.69 Å². The summed E-state index contributed by atoms with van der Waals surface area (Å²) in [7, 11) is 1.63. The minimum atomic E-state index is -0.213. The maximum absolute atomic E-state index is 12.2. The van der Waals surface area contributed by atoms with Gasteiger partial charge in [-0.25, -0.2) is 4.68 Å². The van der Waals surface area contributed by atoms with Crippen LogP contribution < -0.4 is 10.1 Å². The number of aromatic amines is 1. The minimum absolute atomic E-state index is 0.213. The van der Waals surface area contributed by atoms with Gasteiger partial charge < -0.3 is 10.1 Å². The number of ether oxygens (including phenoxy) is 1. The summed E-state index contributed by atoms with van der Waals surface area (Å²) in [4.78, 5) is 12.2. The van der Waals surface area contributed by atoms with Crippen LogP contribution in [0.2, 0.25) is 0 Å². The van der Waals surface area contributed by atoms with Crippen molar-refractivity contribution in [2.24, 2.45) is 5.92 Å². The molecule has 2 heterocycles. The van der Waals surface area contributed by atoms with Crippen molar-refractivity contribution in [2.75, 3.05) is 7.11 Å². The van der Waals surface area contributed by atoms with Crippen LogP contribution in [-0.4, -0.2) is 33.0 Å². The van der Waals surface area contributed by atoms with Crippen LogP contribution in [0, 0.1) is 5.92 Å². The maximum atomic E-state index is 12.2. The van der Waals surface area contributed by atoms with E-state index in [-0.39, 0.29) is 5.91 Å². The van der Waals surface area contributed by atoms with Crippen LogP contribution in [0.5, 0.6) is 5.75 Å². The van der Waals surface area contributed by atoms with E-state index in [1.165, 1.54) is 0 Å². The molecule has 0 unspecified atom stereocenters. The third-order valence-corrected chi connectivity index (χ3v) is 3.90. The smallest absolute Gasteiger partial charge is 0.272 e. The molecule has 0 saturated carbocycles. The van der Waals surface area contributed by atoms with E-state index in [2.05, 4.69) is 34.5 Å². The highest BCUT2D eigenvalue weighted by Gasteiger charge is 2.12. The Kier molecular flexibility index (Phi) is 5.36. The topological polar surface area (TPSA) is 84.8 Å². The van der Waals surface area contributed by atoms with E-state index in [9.17, 15) is 4.79 Å². The van der Waals surface area contributed by atoms with Gasteiger partial charge in [0, 0.05) is 11.9 Å². The molecule has 2 aromatic heterocycles. The number of aromatic nitrogens is 4. The summed E-state index contributed by atoms with van der Waals surface area (Å²) < 4.78 is 6.91. The maximum Gasteiger partial charge on any atom is 0.272 e. The number of nitrogens with one attached hydrogen (secondary N) is 2. The van der Waals surface area contributed by atoms with Crippen LogP contribution in [-0.2, 0) is 13.0 Å². The van der Waals surface area contributed by atoms with Gasteiger partial charge >= 0.3 is 0 Å². The summed E-state index contributed by atoms with van der Waals surface area (Å²) in [5, 5.41) is 14.3. The molecule has 0 aliphatic rings. The van der Waals surface area contributed by atoms with Gasteiger partial charge in [0.25, 0.3) is 5.91 Å². The van der Waals surface area contributed by atoms with Gasteiger partial charge in [0.1, 0.15) is 11.4 Å². The normalized spacial score (nSPS) is 10.9. The first-order valence-corrected chi connectivity index (χ1v) is 8.56. The molecule has 0 bridgehead atoms. The van der Waals surface area contributed by atoms with Crippen molar-refractivity contribution < 1.29 is 9.53 Å². The van der Waals surface area contributed by atoms with E-state index in [0.29, 0.717) is 18.2 Å². The van der Waals surface area contributed by atoms with Crippen molar-refractivity contribution >= 4 is 5.91 Å². The van der Waals surface area contributed by atoms with Gasteiger partial charge in [-0.1, -0.05) is 13.8 Å². The lowest BCUT2D eigenvalue weighted by atomic mass is 10.1. The van der Waals surface area contributed by atoms with Crippen LogP contribution in [0.15, 0.2) is 42.6 Å². The number of carbonyl (C=O) groups excluding carboxylic acids is 1. The van der Waals surface area contributed by atoms with E-state index in [1.807, 2.05) is 36.5 Å². The van der Waals surface area contributed by atoms with E-state index in [0.717, 1.165) is 29.2 Å². The lowest BCUT2D eigenvalue weighted by molar-refractivity contribution is 0.0945. The molecule has 7 nitrogen and oxygen atoms in total. The third-order valence-electron chi connectivity index (χ3n) is 3.90. The summed E-state index contributed by atoms with van der Waals surface area (Å²) in [6.07, 6.45) is 2.73. The number of hydrogen-bond donors (Lipinski definition) is 2. The summed E-state index contributed by atoms with van der Waals surface area (Å²) in [5.41, 5.74) is 3.06. The Morgan fingerprint density at radius 2 is 2.04 bits per heavy atom. The van der Waals surface area contributed by atoms with Crippen LogP contribution >= 0.6 is 0 Å². The Balaban J connectivity index is 1.58. The van der Waals surface area contributed by atoms with E-state index >= 15 is 0 Å². The van der Waals surface area contributed by atoms with Gasteiger partial charge in [-0.2, -0.15) is 10.2 Å². The van der Waals surface area contributed by atoms with Crippen molar-refractivity contribution in [3.8, 4) is 11.4 Å². The van der Waals surface area contributed by atoms with Gasteiger partial charge in [0.15, 0.2) is 0 Å². The number of carbonyl (C=O) groups is 1. The average molecular weight is 353 g/mol. The molecule has 2 N–H and O–H groups in total. The summed E-state index contributed by atoms with van der Waals surface area (Å²) in [6, 6.07) is 11.3. The van der Waals surface area contributed by atoms with Crippen molar-refractivity contribution in [1.29, 1.82) is 0 Å². The standard InChI is InChI=1S/C19H23N5O2/c1-13(2)10-15-11-18(22-21-15)19(25)20-12-14-8-9-24(23-14)16-4-6-17(26-3)7-5-16/h4-9,11,13H,10,12H2,1-3H3,(H,20,25)(H,21,22). The third kappa shape index (κ3) is 4.30. The number of nitrogens with zero attached hydrogens (tertiary/aromatic N) is 3. The van der Waals surface area contributed by atoms with Crippen molar-refractivity contribution in [3.05, 3.63) is 59.7 Å². The predicted octanol–water partition coefficient (Wildman–Crippen LogP) is 2.73. The van der Waals surface area contributed by atoms with E-state index in [1.54, 1.807) is 17.9 Å². The fraction of sp³-hybridized carbons (Fsp3) is 0.316. The SMILES string of the molecule is COc1ccc(-n2ccc(CNC(=O)c3cc(CC(C)C)[nH]n3)n2)cc1. The number of benzene rings is 1. The molecule has 136 valence electrons. The highest BCUT2D eigenvalue weighted by molar-refractivity contribution is 5.92. The zero-order chi connectivity index (χ0) is 18.5. The van der Waals surface area contributed by atoms with Gasteiger partial charge in [0.05, 0.1) is 25.0 Å². The monoisotopic (exact) mass is 353 g/mol. The number of hydrogen-bond acceptors (Lipinski definition) is 4. The molecular weight excluding hydrogens is 330 g/mol. The molecule has 0 fully saturated rings. The molecule has 3 rings (SSSR count). The minimum Gasteiger partial charge on any atom is -0.497 e. The first-order chi connectivity index (χ1) is 12.5. The molecule has 0 saturated heterocycles. The first-order valence-electron chi connectivity index (χ1n) is 8.56. The lowest BCUT2D eigenvalue weighted by Gasteiger charge is -2.03. The second kappa shape index (κ2) is 7.86. The molecule has 1 amide bonds. The largest absolute Gasteiger partial charge is 0.497 e. The molecule has 0 aliphatic heterocycles. The number of H-pyrrole nitrogens is 1. The van der Waals surface area contributed by atoms with Crippen LogP contribution in [0.1, 0.15) is 35.7 Å². The highest BCUT2D eigenvalue weighted by atomic mass is 16.5. The molecule has 0 spiro atoms. The molecule has 1 aromatic carbocycles. The van der Waals surface area contributed by atoms with Crippen molar-refractivity contribution in [2.45, 2.75) is 26.8 Å². The van der Waals surface area contributed by atoms with Crippen LogP contribution in [0.4, 0.5) is 0 Å². The fourth-order valence-corrected chi connectivity index (χ4v) is 2.62. The Labute approximate surface area is 152 Å². The summed E-state index contributed by atoms with van der Waals surface area (Å²) in [5.74, 6) is 1.09. The fourth-order valence-electron chi connectivity index (χ4n) is 2.62. The zero-order valence-electron chi connectivity index (χ0n) is 15.2. The summed E-state index contributed by atoms with van der Waals surface area (Å²) >= 11 is 0. The number of rotatable bonds is 7. The Hall–Kier alpha value is -3.09. The Morgan fingerprint density at radius 1 is 1.27 bits per heavy atom. The van der Waals surface area contributed by atoms with E-state index < -0.39 is 0 Å². The second-order valence-corrected chi connectivity index (χ2v) is 6.51. The van der Waals surface area contributed by atoms with Gasteiger partial charge in [-0.15, -0.1) is 0 Å². The van der Waals surface area contributed by atoms with Gasteiger partial charge in [0.2, 0.25) is 0 Å². The predicted molar refractivity (Wildman–Crippen MR) is 98.4 cm³/mol. The zero-order valence-corrected chi connectivity index (χ0v) is 15.2. The molecule has 7 heteroatoms. The highest BCUT2D eigenvalue weighted by Crippen LogP contribution is 2.14. The molecule has 0 radical (unpaired) electrons. The molecule has 3 aromatic rings. The molecular formula is C19H23N5O2. The molecule has 0 aliphatic carbocycles. The van der Waals surface area contributed by atoms with Gasteiger partial charge in [-0.05, 0) is 48.7 Å². The number of amides is 1. The molecule has 26 heavy (non-hydrogen) atoms. The Bertz CT molecular complexity index is 864. The van der Waals surface area contributed by atoms with Crippen molar-refractivity contribution in [3.63, 3.8) is 0 Å². The van der Waals surface area contributed by atoms with Crippen molar-refractivity contribution in [1.82, 2.24) is 25.3 Å². The average Bonchev–Trinajstić information content (AvgIpc) is 3.29. The second-order valence-electron chi connectivity index (χ2n) is 6.51. The van der Waals surface area contributed by atoms with Gasteiger partial charge in [-0.3, -0.25) is 9.89 Å². The first kappa shape index (κ1) is 17.7. The summed E-state index contributed by atoms with van der Waals surface area (Å²) in [6.45, 7) is 4.59.